The molecule has 2 N–H and O–H groups in total. The lowest BCUT2D eigenvalue weighted by molar-refractivity contribution is -0.137. The van der Waals surface area contributed by atoms with E-state index in [1.807, 2.05) is 26.0 Å². The molecule has 0 amide bonds. The predicted molar refractivity (Wildman–Crippen MR) is 142 cm³/mol. The Bertz CT molecular complexity index is 1390. The molecule has 1 aromatic heterocycles. The number of nitrogens with zero attached hydrogens (tertiary/aromatic N) is 2. The monoisotopic (exact) mass is 536 g/mol. The normalized spacial score (nSPS) is 17.9. The van der Waals surface area contributed by atoms with E-state index in [1.165, 1.54) is 12.1 Å². The average molecular weight is 537 g/mol. The average Bonchev–Trinajstić information content (AvgIpc) is 3.41. The standard InChI is InChI=1S/C30H33FN2O6/c1-16-28(17(2)33-29(32-16)37-10-9-30(3,4)36)24-13-19(31)12-23-22(24)7-8-25(23)39-20-5-6-21-18(11-27(34)35)15-38-26(21)14-20/h5-6,12-14,18,25,36H,7-11,15H2,1-4H3,(H,34,35)/t18?,25-/m1/s1. The summed E-state index contributed by atoms with van der Waals surface area (Å²) in [5.41, 5.74) is 4.71. The van der Waals surface area contributed by atoms with Crippen LogP contribution in [0.5, 0.6) is 17.5 Å². The fourth-order valence-electron chi connectivity index (χ4n) is 5.41. The minimum absolute atomic E-state index is 0.0156. The molecule has 5 rings (SSSR count). The van der Waals surface area contributed by atoms with Crippen molar-refractivity contribution in [2.24, 2.45) is 0 Å². The molecule has 0 fully saturated rings. The lowest BCUT2D eigenvalue weighted by Gasteiger charge is -2.19. The number of rotatable bonds is 9. The molecule has 1 unspecified atom stereocenters. The van der Waals surface area contributed by atoms with Crippen LogP contribution in [0.1, 0.15) is 73.2 Å². The zero-order valence-electron chi connectivity index (χ0n) is 22.6. The van der Waals surface area contributed by atoms with E-state index in [4.69, 9.17) is 19.3 Å². The second-order valence-electron chi connectivity index (χ2n) is 10.9. The Morgan fingerprint density at radius 1 is 1.15 bits per heavy atom. The maximum atomic E-state index is 15.0. The molecule has 2 heterocycles. The number of carboxylic acids is 1. The Hall–Kier alpha value is -3.72. The maximum absolute atomic E-state index is 15.0. The maximum Gasteiger partial charge on any atom is 0.316 e. The summed E-state index contributed by atoms with van der Waals surface area (Å²) >= 11 is 0. The molecular formula is C30H33FN2O6. The molecule has 1 aliphatic carbocycles. The van der Waals surface area contributed by atoms with Gasteiger partial charge in [0.2, 0.25) is 0 Å². The third-order valence-corrected chi connectivity index (χ3v) is 7.28. The molecule has 2 atom stereocenters. The summed E-state index contributed by atoms with van der Waals surface area (Å²) in [6.07, 6.45) is 1.51. The number of fused-ring (bicyclic) bond motifs is 2. The van der Waals surface area contributed by atoms with Crippen LogP contribution in [-0.2, 0) is 11.2 Å². The number of aliphatic carboxylic acids is 1. The Morgan fingerprint density at radius 3 is 2.59 bits per heavy atom. The number of carbonyl (C=O) groups is 1. The molecule has 0 spiro atoms. The van der Waals surface area contributed by atoms with Crippen molar-refractivity contribution < 1.29 is 33.6 Å². The van der Waals surface area contributed by atoms with E-state index in [0.717, 1.165) is 27.8 Å². The van der Waals surface area contributed by atoms with Crippen LogP contribution in [0, 0.1) is 19.7 Å². The van der Waals surface area contributed by atoms with Crippen molar-refractivity contribution in [2.75, 3.05) is 13.2 Å². The highest BCUT2D eigenvalue weighted by Gasteiger charge is 2.31. The van der Waals surface area contributed by atoms with Crippen LogP contribution in [-0.4, -0.2) is 45.0 Å². The van der Waals surface area contributed by atoms with Crippen LogP contribution in [0.25, 0.3) is 11.1 Å². The molecule has 206 valence electrons. The number of aliphatic hydroxyl groups is 1. The van der Waals surface area contributed by atoms with Gasteiger partial charge < -0.3 is 24.4 Å². The molecule has 2 aliphatic rings. The Balaban J connectivity index is 1.38. The van der Waals surface area contributed by atoms with E-state index >= 15 is 0 Å². The van der Waals surface area contributed by atoms with Crippen molar-refractivity contribution in [3.05, 3.63) is 64.2 Å². The summed E-state index contributed by atoms with van der Waals surface area (Å²) < 4.78 is 32.7. The summed E-state index contributed by atoms with van der Waals surface area (Å²) in [6.45, 7) is 7.76. The smallest absolute Gasteiger partial charge is 0.316 e. The van der Waals surface area contributed by atoms with E-state index in [0.29, 0.717) is 48.8 Å². The van der Waals surface area contributed by atoms with Crippen LogP contribution in [0.2, 0.25) is 0 Å². The topological polar surface area (TPSA) is 111 Å². The van der Waals surface area contributed by atoms with Crippen molar-refractivity contribution in [1.82, 2.24) is 9.97 Å². The lowest BCUT2D eigenvalue weighted by atomic mass is 9.94. The zero-order chi connectivity index (χ0) is 27.9. The second-order valence-corrected chi connectivity index (χ2v) is 10.9. The highest BCUT2D eigenvalue weighted by atomic mass is 19.1. The van der Waals surface area contributed by atoms with E-state index in [-0.39, 0.29) is 36.9 Å². The number of aryl methyl sites for hydroxylation is 2. The summed E-state index contributed by atoms with van der Waals surface area (Å²) in [6, 6.07) is 8.75. The third kappa shape index (κ3) is 5.83. The molecule has 0 radical (unpaired) electrons. The molecule has 39 heavy (non-hydrogen) atoms. The molecule has 3 aromatic rings. The van der Waals surface area contributed by atoms with Crippen LogP contribution in [0.15, 0.2) is 30.3 Å². The number of halogens is 1. The molecule has 0 saturated heterocycles. The molecule has 1 aliphatic heterocycles. The molecule has 9 heteroatoms. The van der Waals surface area contributed by atoms with Gasteiger partial charge in [-0.25, -0.2) is 4.39 Å². The summed E-state index contributed by atoms with van der Waals surface area (Å²) in [4.78, 5) is 20.2. The largest absolute Gasteiger partial charge is 0.492 e. The highest BCUT2D eigenvalue weighted by Crippen LogP contribution is 2.44. The van der Waals surface area contributed by atoms with Gasteiger partial charge in [-0.15, -0.1) is 0 Å². The van der Waals surface area contributed by atoms with Crippen molar-refractivity contribution in [1.29, 1.82) is 0 Å². The predicted octanol–water partition coefficient (Wildman–Crippen LogP) is 5.46. The van der Waals surface area contributed by atoms with Gasteiger partial charge in [0.15, 0.2) is 0 Å². The first-order chi connectivity index (χ1) is 18.5. The summed E-state index contributed by atoms with van der Waals surface area (Å²) in [7, 11) is 0. The molecule has 0 saturated carbocycles. The van der Waals surface area contributed by atoms with Crippen LogP contribution >= 0.6 is 0 Å². The minimum atomic E-state index is -0.860. The third-order valence-electron chi connectivity index (χ3n) is 7.28. The van der Waals surface area contributed by atoms with Crippen LogP contribution in [0.3, 0.4) is 0 Å². The van der Waals surface area contributed by atoms with E-state index in [1.54, 1.807) is 19.9 Å². The Morgan fingerprint density at radius 2 is 1.90 bits per heavy atom. The fourth-order valence-corrected chi connectivity index (χ4v) is 5.41. The SMILES string of the molecule is Cc1nc(OCCC(C)(C)O)nc(C)c1-c1cc(F)cc2c1CC[C@H]2Oc1ccc2c(c1)OCC2CC(=O)O. The van der Waals surface area contributed by atoms with Crippen molar-refractivity contribution in [3.63, 3.8) is 0 Å². The van der Waals surface area contributed by atoms with Gasteiger partial charge in [-0.3, -0.25) is 4.79 Å². The van der Waals surface area contributed by atoms with Gasteiger partial charge in [0.25, 0.3) is 0 Å². The van der Waals surface area contributed by atoms with Gasteiger partial charge in [0.05, 0.1) is 36.6 Å². The van der Waals surface area contributed by atoms with Crippen molar-refractivity contribution in [3.8, 4) is 28.6 Å². The first kappa shape index (κ1) is 26.9. The van der Waals surface area contributed by atoms with Gasteiger partial charge in [-0.1, -0.05) is 6.07 Å². The summed E-state index contributed by atoms with van der Waals surface area (Å²) in [5, 5.41) is 19.1. The van der Waals surface area contributed by atoms with Crippen LogP contribution in [0.4, 0.5) is 4.39 Å². The highest BCUT2D eigenvalue weighted by molar-refractivity contribution is 5.74. The first-order valence-electron chi connectivity index (χ1n) is 13.2. The number of hydrogen-bond donors (Lipinski definition) is 2. The van der Waals surface area contributed by atoms with Gasteiger partial charge in [0, 0.05) is 29.5 Å². The minimum Gasteiger partial charge on any atom is -0.492 e. The van der Waals surface area contributed by atoms with Crippen molar-refractivity contribution >= 4 is 5.97 Å². The summed E-state index contributed by atoms with van der Waals surface area (Å²) in [5.74, 6) is -0.178. The van der Waals surface area contributed by atoms with Gasteiger partial charge >= 0.3 is 12.0 Å². The lowest BCUT2D eigenvalue weighted by Crippen LogP contribution is -2.22. The Kier molecular flexibility index (Phi) is 7.20. The molecule has 2 aromatic carbocycles. The van der Waals surface area contributed by atoms with Gasteiger partial charge in [-0.2, -0.15) is 9.97 Å². The van der Waals surface area contributed by atoms with Gasteiger partial charge in [0.1, 0.15) is 23.4 Å². The quantitative estimate of drug-likeness (QED) is 0.371. The second kappa shape index (κ2) is 10.4. The molecular weight excluding hydrogens is 503 g/mol. The Labute approximate surface area is 226 Å². The van der Waals surface area contributed by atoms with E-state index < -0.39 is 11.6 Å². The first-order valence-corrected chi connectivity index (χ1v) is 13.2. The number of carboxylic acid groups (broad SMARTS) is 1. The van der Waals surface area contributed by atoms with E-state index in [9.17, 15) is 14.3 Å². The van der Waals surface area contributed by atoms with Crippen LogP contribution < -0.4 is 14.2 Å². The number of hydrogen-bond acceptors (Lipinski definition) is 7. The zero-order valence-corrected chi connectivity index (χ0v) is 22.6. The molecule has 0 bridgehead atoms. The van der Waals surface area contributed by atoms with Gasteiger partial charge in [-0.05, 0) is 75.4 Å². The number of ether oxygens (including phenoxy) is 3. The number of benzene rings is 2. The van der Waals surface area contributed by atoms with Crippen molar-refractivity contribution in [2.45, 2.75) is 71.0 Å². The fraction of sp³-hybridized carbons (Fsp3) is 0.433. The van der Waals surface area contributed by atoms with E-state index in [2.05, 4.69) is 9.97 Å². The number of aromatic nitrogens is 2. The molecule has 8 nitrogen and oxygen atoms in total.